The summed E-state index contributed by atoms with van der Waals surface area (Å²) in [6, 6.07) is 0. The molecule has 1 fully saturated rings. The molecule has 0 amide bonds. The Kier molecular flexibility index (Phi) is 3.38. The van der Waals surface area contributed by atoms with Crippen molar-refractivity contribution >= 4 is 0 Å². The summed E-state index contributed by atoms with van der Waals surface area (Å²) in [4.78, 5) is 0. The smallest absolute Gasteiger partial charge is 0.110 e. The van der Waals surface area contributed by atoms with E-state index in [2.05, 4.69) is 24.3 Å². The number of epoxide rings is 1. The van der Waals surface area contributed by atoms with Crippen LogP contribution in [0.4, 0.5) is 0 Å². The van der Waals surface area contributed by atoms with E-state index in [1.54, 1.807) is 0 Å². The van der Waals surface area contributed by atoms with Crippen LogP contribution in [0.2, 0.25) is 0 Å². The average Bonchev–Trinajstić information content (AvgIpc) is 2.92. The van der Waals surface area contributed by atoms with E-state index >= 15 is 0 Å². The fourth-order valence-electron chi connectivity index (χ4n) is 1.89. The molecule has 2 heteroatoms. The van der Waals surface area contributed by atoms with E-state index in [0.29, 0.717) is 0 Å². The van der Waals surface area contributed by atoms with Crippen molar-refractivity contribution in [2.24, 2.45) is 0 Å². The van der Waals surface area contributed by atoms with Gasteiger partial charge in [-0.1, -0.05) is 24.3 Å². The van der Waals surface area contributed by atoms with Crippen LogP contribution in [0.15, 0.2) is 24.3 Å². The Balaban J connectivity index is 1.87. The van der Waals surface area contributed by atoms with Gasteiger partial charge in [-0.25, -0.2) is 0 Å². The maximum absolute atomic E-state index is 9.72. The number of allylic oxidation sites excluding steroid dienone is 3. The highest BCUT2D eigenvalue weighted by Gasteiger charge is 2.42. The largest absolute Gasteiger partial charge is 0.390 e. The van der Waals surface area contributed by atoms with Gasteiger partial charge in [0, 0.05) is 0 Å². The number of rotatable bonds is 0. The molecule has 0 unspecified atom stereocenters. The third-order valence-corrected chi connectivity index (χ3v) is 2.83. The van der Waals surface area contributed by atoms with Crippen LogP contribution in [0.5, 0.6) is 0 Å². The minimum atomic E-state index is -0.266. The molecule has 14 heavy (non-hydrogen) atoms. The summed E-state index contributed by atoms with van der Waals surface area (Å²) in [5.74, 6) is 0. The van der Waals surface area contributed by atoms with Gasteiger partial charge in [-0.2, -0.15) is 0 Å². The molecule has 2 aliphatic rings. The van der Waals surface area contributed by atoms with Gasteiger partial charge < -0.3 is 9.84 Å². The molecule has 1 aliphatic carbocycles. The van der Waals surface area contributed by atoms with Crippen molar-refractivity contribution in [2.75, 3.05) is 0 Å². The normalized spacial score (nSPS) is 42.8. The van der Waals surface area contributed by atoms with Crippen molar-refractivity contribution in [1.82, 2.24) is 0 Å². The summed E-state index contributed by atoms with van der Waals surface area (Å²) in [7, 11) is 0. The Hall–Kier alpha value is -0.600. The number of ether oxygens (including phenoxy) is 1. The van der Waals surface area contributed by atoms with Crippen LogP contribution in [-0.2, 0) is 4.74 Å². The van der Waals surface area contributed by atoms with Crippen molar-refractivity contribution in [3.05, 3.63) is 24.3 Å². The van der Waals surface area contributed by atoms with E-state index in [-0.39, 0.29) is 18.3 Å². The predicted octanol–water partition coefficient (Wildman–Crippen LogP) is 2.19. The summed E-state index contributed by atoms with van der Waals surface area (Å²) >= 11 is 0. The summed E-state index contributed by atoms with van der Waals surface area (Å²) in [6.45, 7) is 0. The summed E-state index contributed by atoms with van der Waals surface area (Å²) in [5.41, 5.74) is 0. The molecule has 0 spiro atoms. The van der Waals surface area contributed by atoms with Crippen LogP contribution >= 0.6 is 0 Å². The highest BCUT2D eigenvalue weighted by molar-refractivity contribution is 4.99. The number of aliphatic hydroxyl groups excluding tert-OH is 1. The fraction of sp³-hybridized carbons (Fsp3) is 0.667. The number of aliphatic hydroxyl groups is 1. The summed E-state index contributed by atoms with van der Waals surface area (Å²) in [5, 5.41) is 9.72. The van der Waals surface area contributed by atoms with Crippen molar-refractivity contribution in [3.63, 3.8) is 0 Å². The Morgan fingerprint density at radius 1 is 1.00 bits per heavy atom. The zero-order chi connectivity index (χ0) is 9.80. The van der Waals surface area contributed by atoms with Crippen LogP contribution in [0.25, 0.3) is 0 Å². The molecular weight excluding hydrogens is 176 g/mol. The standard InChI is InChI=1S/C12H18O2/c13-10-8-6-4-2-1-3-5-7-9-11-12(10)14-11/h2,4-5,7,10-13H,1,3,6,8-9H2/b4-2-,7-5+/t10-,11-,12+/m0/s1. The minimum Gasteiger partial charge on any atom is -0.390 e. The Labute approximate surface area is 85.3 Å². The predicted molar refractivity (Wildman–Crippen MR) is 56.0 cm³/mol. The highest BCUT2D eigenvalue weighted by atomic mass is 16.6. The molecule has 1 N–H and O–H groups in total. The lowest BCUT2D eigenvalue weighted by molar-refractivity contribution is 0.127. The molecule has 2 rings (SSSR count). The lowest BCUT2D eigenvalue weighted by Crippen LogP contribution is -2.16. The summed E-state index contributed by atoms with van der Waals surface area (Å²) < 4.78 is 5.42. The molecule has 1 aliphatic heterocycles. The molecule has 2 nitrogen and oxygen atoms in total. The molecular formula is C12H18O2. The highest BCUT2D eigenvalue weighted by Crippen LogP contribution is 2.30. The lowest BCUT2D eigenvalue weighted by atomic mass is 10.1. The average molecular weight is 194 g/mol. The SMILES string of the molecule is O[C@H]1CC/C=C\CC/C=C/C[C@@H]2O[C@@H]21. The molecule has 0 radical (unpaired) electrons. The zero-order valence-electron chi connectivity index (χ0n) is 8.43. The van der Waals surface area contributed by atoms with Crippen LogP contribution < -0.4 is 0 Å². The van der Waals surface area contributed by atoms with E-state index in [1.165, 1.54) is 0 Å². The monoisotopic (exact) mass is 194 g/mol. The first-order valence-electron chi connectivity index (χ1n) is 5.51. The van der Waals surface area contributed by atoms with Crippen molar-refractivity contribution in [3.8, 4) is 0 Å². The lowest BCUT2D eigenvalue weighted by Gasteiger charge is -2.04. The topological polar surface area (TPSA) is 32.8 Å². The van der Waals surface area contributed by atoms with Crippen LogP contribution in [-0.4, -0.2) is 23.4 Å². The summed E-state index contributed by atoms with van der Waals surface area (Å²) in [6.07, 6.45) is 13.9. The first-order valence-corrected chi connectivity index (χ1v) is 5.51. The van der Waals surface area contributed by atoms with Crippen LogP contribution in [0.3, 0.4) is 0 Å². The number of hydrogen-bond donors (Lipinski definition) is 1. The molecule has 0 aromatic rings. The molecule has 0 saturated carbocycles. The third-order valence-electron chi connectivity index (χ3n) is 2.83. The molecule has 0 aromatic heterocycles. The number of fused-ring (bicyclic) bond motifs is 1. The van der Waals surface area contributed by atoms with Gasteiger partial charge in [0.25, 0.3) is 0 Å². The number of hydrogen-bond acceptors (Lipinski definition) is 2. The van der Waals surface area contributed by atoms with E-state index < -0.39 is 0 Å². The van der Waals surface area contributed by atoms with E-state index in [1.807, 2.05) is 0 Å². The van der Waals surface area contributed by atoms with E-state index in [9.17, 15) is 5.11 Å². The molecule has 78 valence electrons. The first kappa shape index (κ1) is 9.94. The zero-order valence-corrected chi connectivity index (χ0v) is 8.43. The van der Waals surface area contributed by atoms with Crippen molar-refractivity contribution < 1.29 is 9.84 Å². The van der Waals surface area contributed by atoms with Gasteiger partial charge in [0.15, 0.2) is 0 Å². The van der Waals surface area contributed by atoms with E-state index in [0.717, 1.165) is 32.1 Å². The van der Waals surface area contributed by atoms with Gasteiger partial charge >= 0.3 is 0 Å². The maximum atomic E-state index is 9.72. The van der Waals surface area contributed by atoms with Crippen LogP contribution in [0, 0.1) is 0 Å². The van der Waals surface area contributed by atoms with E-state index in [4.69, 9.17) is 4.74 Å². The third kappa shape index (κ3) is 2.69. The Morgan fingerprint density at radius 2 is 1.71 bits per heavy atom. The Bertz CT molecular complexity index is 232. The van der Waals surface area contributed by atoms with Crippen molar-refractivity contribution in [2.45, 2.75) is 50.4 Å². The fourth-order valence-corrected chi connectivity index (χ4v) is 1.89. The van der Waals surface area contributed by atoms with Gasteiger partial charge in [0.2, 0.25) is 0 Å². The quantitative estimate of drug-likeness (QED) is 0.473. The molecule has 1 heterocycles. The Morgan fingerprint density at radius 3 is 2.57 bits per heavy atom. The first-order chi connectivity index (χ1) is 6.88. The second-order valence-electron chi connectivity index (χ2n) is 4.04. The molecule has 0 aromatic carbocycles. The van der Waals surface area contributed by atoms with Gasteiger partial charge in [-0.05, 0) is 32.1 Å². The minimum absolute atomic E-state index is 0.104. The second kappa shape index (κ2) is 4.76. The molecule has 0 bridgehead atoms. The van der Waals surface area contributed by atoms with Gasteiger partial charge in [-0.15, -0.1) is 0 Å². The van der Waals surface area contributed by atoms with Crippen molar-refractivity contribution in [1.29, 1.82) is 0 Å². The second-order valence-corrected chi connectivity index (χ2v) is 4.04. The van der Waals surface area contributed by atoms with Gasteiger partial charge in [0.05, 0.1) is 12.2 Å². The van der Waals surface area contributed by atoms with Gasteiger partial charge in [0.1, 0.15) is 6.10 Å². The maximum Gasteiger partial charge on any atom is 0.110 e. The molecule has 1 saturated heterocycles. The molecule has 3 atom stereocenters. The van der Waals surface area contributed by atoms with Gasteiger partial charge in [-0.3, -0.25) is 0 Å². The van der Waals surface area contributed by atoms with Crippen LogP contribution in [0.1, 0.15) is 32.1 Å².